The predicted molar refractivity (Wildman–Crippen MR) is 89.3 cm³/mol. The molecule has 0 aliphatic heterocycles. The average molecular weight is 279 g/mol. The van der Waals surface area contributed by atoms with E-state index >= 15 is 0 Å². The third-order valence-electron chi connectivity index (χ3n) is 3.64. The minimum Gasteiger partial charge on any atom is -0.273 e. The zero-order chi connectivity index (χ0) is 15.3. The van der Waals surface area contributed by atoms with Crippen molar-refractivity contribution < 1.29 is 0 Å². The molecule has 2 aromatic rings. The van der Waals surface area contributed by atoms with Gasteiger partial charge in [0.15, 0.2) is 0 Å². The number of aromatic nitrogens is 1. The van der Waals surface area contributed by atoms with Crippen LogP contribution < -0.4 is 0 Å². The Balaban J connectivity index is 2.37. The minimum absolute atomic E-state index is 0.256. The Labute approximate surface area is 126 Å². The molecule has 0 spiro atoms. The van der Waals surface area contributed by atoms with Crippen molar-refractivity contribution in [2.75, 3.05) is 7.05 Å². The highest BCUT2D eigenvalue weighted by atomic mass is 14.9. The first-order valence-electron chi connectivity index (χ1n) is 7.04. The zero-order valence-electron chi connectivity index (χ0n) is 13.0. The highest BCUT2D eigenvalue weighted by Gasteiger charge is 2.27. The Morgan fingerprint density at radius 2 is 1.62 bits per heavy atom. The Kier molecular flexibility index (Phi) is 4.63. The number of aliphatic imine (C=N–C) groups is 2. The molecule has 1 aromatic carbocycles. The second-order valence-electron chi connectivity index (χ2n) is 5.47. The molecule has 3 nitrogen and oxygen atoms in total. The lowest BCUT2D eigenvalue weighted by molar-refractivity contribution is 0.706. The third-order valence-corrected chi connectivity index (χ3v) is 3.64. The molecule has 0 saturated carbocycles. The van der Waals surface area contributed by atoms with Crippen molar-refractivity contribution >= 4 is 11.5 Å². The largest absolute Gasteiger partial charge is 0.273 e. The maximum Gasteiger partial charge on any atom is 0.133 e. The van der Waals surface area contributed by atoms with E-state index in [2.05, 4.69) is 36.0 Å². The lowest BCUT2D eigenvalue weighted by Crippen LogP contribution is -2.28. The number of benzene rings is 1. The van der Waals surface area contributed by atoms with E-state index in [0.29, 0.717) is 0 Å². The summed E-state index contributed by atoms with van der Waals surface area (Å²) < 4.78 is 0. The molecular formula is C18H21N3. The van der Waals surface area contributed by atoms with Crippen LogP contribution in [0.3, 0.4) is 0 Å². The summed E-state index contributed by atoms with van der Waals surface area (Å²) in [5, 5.41) is 0. The second kappa shape index (κ2) is 6.44. The number of amidine groups is 1. The molecule has 0 amide bonds. The molecule has 3 heteroatoms. The molecule has 0 saturated heterocycles. The van der Waals surface area contributed by atoms with Gasteiger partial charge in [-0.2, -0.15) is 0 Å². The molecule has 0 bridgehead atoms. The zero-order valence-corrected chi connectivity index (χ0v) is 13.0. The minimum atomic E-state index is -0.256. The lowest BCUT2D eigenvalue weighted by Gasteiger charge is -2.24. The van der Waals surface area contributed by atoms with Crippen LogP contribution in [0.2, 0.25) is 0 Å². The van der Waals surface area contributed by atoms with Crippen LogP contribution in [-0.4, -0.2) is 23.6 Å². The Morgan fingerprint density at radius 1 is 1.00 bits per heavy atom. The molecule has 0 aliphatic carbocycles. The molecule has 0 fully saturated rings. The van der Waals surface area contributed by atoms with Crippen molar-refractivity contribution in [3.05, 3.63) is 66.0 Å². The SMILES string of the molecule is CN=C(N=C(C)c1ccccc1)C(C)(C)c1ccncc1. The first-order valence-corrected chi connectivity index (χ1v) is 7.04. The highest BCUT2D eigenvalue weighted by molar-refractivity contribution is 6.08. The summed E-state index contributed by atoms with van der Waals surface area (Å²) in [6.07, 6.45) is 3.61. The molecule has 0 unspecified atom stereocenters. The number of hydrogen-bond acceptors (Lipinski definition) is 2. The van der Waals surface area contributed by atoms with E-state index in [1.807, 2.05) is 37.3 Å². The van der Waals surface area contributed by atoms with Gasteiger partial charge < -0.3 is 0 Å². The Hall–Kier alpha value is -2.29. The van der Waals surface area contributed by atoms with Crippen molar-refractivity contribution in [1.29, 1.82) is 0 Å². The van der Waals surface area contributed by atoms with E-state index in [0.717, 1.165) is 22.7 Å². The number of hydrogen-bond donors (Lipinski definition) is 0. The number of nitrogens with zero attached hydrogens (tertiary/aromatic N) is 3. The smallest absolute Gasteiger partial charge is 0.133 e. The fourth-order valence-corrected chi connectivity index (χ4v) is 2.27. The van der Waals surface area contributed by atoms with Crippen LogP contribution in [0.5, 0.6) is 0 Å². The van der Waals surface area contributed by atoms with E-state index in [1.54, 1.807) is 19.4 Å². The van der Waals surface area contributed by atoms with Gasteiger partial charge in [-0.1, -0.05) is 30.3 Å². The molecule has 0 radical (unpaired) electrons. The van der Waals surface area contributed by atoms with Crippen molar-refractivity contribution in [3.8, 4) is 0 Å². The summed E-state index contributed by atoms with van der Waals surface area (Å²) in [5.74, 6) is 0.815. The monoisotopic (exact) mass is 279 g/mol. The lowest BCUT2D eigenvalue weighted by atomic mass is 9.84. The van der Waals surface area contributed by atoms with Gasteiger partial charge in [0.2, 0.25) is 0 Å². The van der Waals surface area contributed by atoms with Crippen molar-refractivity contribution in [2.45, 2.75) is 26.2 Å². The summed E-state index contributed by atoms with van der Waals surface area (Å²) in [5.41, 5.74) is 2.98. The molecule has 1 aromatic heterocycles. The van der Waals surface area contributed by atoms with Crippen LogP contribution in [0.4, 0.5) is 0 Å². The van der Waals surface area contributed by atoms with Gasteiger partial charge in [0.25, 0.3) is 0 Å². The van der Waals surface area contributed by atoms with Crippen LogP contribution >= 0.6 is 0 Å². The highest BCUT2D eigenvalue weighted by Crippen LogP contribution is 2.25. The van der Waals surface area contributed by atoms with Crippen LogP contribution in [0.1, 0.15) is 31.9 Å². The summed E-state index contributed by atoms with van der Waals surface area (Å²) in [7, 11) is 1.79. The van der Waals surface area contributed by atoms with Gasteiger partial charge in [-0.3, -0.25) is 9.98 Å². The fourth-order valence-electron chi connectivity index (χ4n) is 2.27. The van der Waals surface area contributed by atoms with E-state index in [-0.39, 0.29) is 5.41 Å². The fraction of sp³-hybridized carbons (Fsp3) is 0.278. The number of rotatable bonds is 3. The molecular weight excluding hydrogens is 258 g/mol. The average Bonchev–Trinajstić information content (AvgIpc) is 2.53. The Morgan fingerprint density at radius 3 is 2.19 bits per heavy atom. The van der Waals surface area contributed by atoms with Gasteiger partial charge in [0, 0.05) is 30.6 Å². The molecule has 2 rings (SSSR count). The molecule has 108 valence electrons. The van der Waals surface area contributed by atoms with Gasteiger partial charge in [0.1, 0.15) is 5.84 Å². The van der Waals surface area contributed by atoms with E-state index in [1.165, 1.54) is 0 Å². The maximum atomic E-state index is 4.76. The maximum absolute atomic E-state index is 4.76. The second-order valence-corrected chi connectivity index (χ2v) is 5.47. The van der Waals surface area contributed by atoms with Crippen LogP contribution in [-0.2, 0) is 5.41 Å². The van der Waals surface area contributed by atoms with Gasteiger partial charge in [0.05, 0.1) is 0 Å². The quantitative estimate of drug-likeness (QED) is 0.620. The summed E-state index contributed by atoms with van der Waals surface area (Å²) in [6, 6.07) is 14.2. The summed E-state index contributed by atoms with van der Waals surface area (Å²) in [6.45, 7) is 6.28. The van der Waals surface area contributed by atoms with Crippen molar-refractivity contribution in [3.63, 3.8) is 0 Å². The van der Waals surface area contributed by atoms with Crippen molar-refractivity contribution in [1.82, 2.24) is 4.98 Å². The van der Waals surface area contributed by atoms with E-state index < -0.39 is 0 Å². The van der Waals surface area contributed by atoms with Crippen molar-refractivity contribution in [2.24, 2.45) is 9.98 Å². The number of pyridine rings is 1. The standard InChI is InChI=1S/C18H21N3/c1-14(15-8-6-5-7-9-15)21-17(19-4)18(2,3)16-10-12-20-13-11-16/h5-13H,1-4H3. The topological polar surface area (TPSA) is 37.6 Å². The third kappa shape index (κ3) is 3.43. The first kappa shape index (κ1) is 15.1. The van der Waals surface area contributed by atoms with Gasteiger partial charge >= 0.3 is 0 Å². The van der Waals surface area contributed by atoms with Crippen LogP contribution in [0.25, 0.3) is 0 Å². The van der Waals surface area contributed by atoms with Gasteiger partial charge in [-0.05, 0) is 44.0 Å². The first-order chi connectivity index (χ1) is 10.1. The predicted octanol–water partition coefficient (Wildman–Crippen LogP) is 3.90. The molecule has 0 atom stereocenters. The summed E-state index contributed by atoms with van der Waals surface area (Å²) >= 11 is 0. The van der Waals surface area contributed by atoms with Gasteiger partial charge in [-0.15, -0.1) is 0 Å². The summed E-state index contributed by atoms with van der Waals surface area (Å²) in [4.78, 5) is 13.2. The van der Waals surface area contributed by atoms with Crippen LogP contribution in [0, 0.1) is 0 Å². The molecule has 1 heterocycles. The van der Waals surface area contributed by atoms with Gasteiger partial charge in [-0.25, -0.2) is 4.99 Å². The van der Waals surface area contributed by atoms with E-state index in [9.17, 15) is 0 Å². The molecule has 0 N–H and O–H groups in total. The molecule has 0 aliphatic rings. The molecule has 21 heavy (non-hydrogen) atoms. The van der Waals surface area contributed by atoms with E-state index in [4.69, 9.17) is 4.99 Å². The normalized spacial score (nSPS) is 13.3. The Bertz CT molecular complexity index is 641. The van der Waals surface area contributed by atoms with Crippen LogP contribution in [0.15, 0.2) is 64.8 Å².